The Balaban J connectivity index is 2.12. The lowest BCUT2D eigenvalue weighted by Gasteiger charge is -2.40. The Hall–Kier alpha value is -3.41. The van der Waals surface area contributed by atoms with Crippen molar-refractivity contribution in [1.82, 2.24) is 5.32 Å². The Morgan fingerprint density at radius 1 is 0.393 bits per heavy atom. The standard InChI is InChI=1S/C80H139NO8/c1-3-5-7-9-11-13-15-17-19-21-23-25-27-29-30-31-32-33-34-35-36-37-38-39-40-41-42-43-44-46-48-50-52-54-56-58-60-62-64-66-68-70-76(84)81-73(72-88-80-79(87)78(86)77(85)75(71-82)89-80)74(83)69-67-65-63-61-59-57-55-53-51-49-47-45-28-26-24-22-20-18-16-14-12-10-8-6-4-2/h5,7,11,13,17,19,23,25,29-30,32-33,35-36,38-39,41-42,67,69,73-75,77-80,82-83,85-87H,3-4,6,8-10,12,14-16,18,20-22,24,26-28,31,34,37,40,43-66,68,70-72H2,1-2H3,(H,81,84)/b7-5-,13-11-,19-17-,25-23-,30-29-,33-32-,36-35-,39-38-,42-41-,69-67+. The molecule has 1 aliphatic rings. The van der Waals surface area contributed by atoms with Crippen LogP contribution in [0.5, 0.6) is 0 Å². The summed E-state index contributed by atoms with van der Waals surface area (Å²) in [5.41, 5.74) is 0. The molecule has 0 saturated carbocycles. The second-order valence-electron chi connectivity index (χ2n) is 25.4. The van der Waals surface area contributed by atoms with Crippen molar-refractivity contribution >= 4 is 5.91 Å². The van der Waals surface area contributed by atoms with E-state index in [0.717, 1.165) is 96.3 Å². The van der Waals surface area contributed by atoms with Gasteiger partial charge >= 0.3 is 0 Å². The number of hydrogen-bond donors (Lipinski definition) is 6. The minimum absolute atomic E-state index is 0.178. The number of nitrogens with one attached hydrogen (secondary N) is 1. The Kier molecular flexibility index (Phi) is 63.4. The summed E-state index contributed by atoms with van der Waals surface area (Å²) in [6.45, 7) is 3.69. The highest BCUT2D eigenvalue weighted by Gasteiger charge is 2.44. The molecule has 89 heavy (non-hydrogen) atoms. The van der Waals surface area contributed by atoms with E-state index in [2.05, 4.69) is 129 Å². The molecule has 1 rings (SSSR count). The Labute approximate surface area is 548 Å². The van der Waals surface area contributed by atoms with Gasteiger partial charge in [0, 0.05) is 6.42 Å². The molecule has 1 fully saturated rings. The second kappa shape index (κ2) is 67.5. The summed E-state index contributed by atoms with van der Waals surface area (Å²) in [4.78, 5) is 13.2. The molecule has 0 spiro atoms. The first-order valence-electron chi connectivity index (χ1n) is 37.3. The van der Waals surface area contributed by atoms with E-state index in [1.54, 1.807) is 6.08 Å². The Morgan fingerprint density at radius 3 is 1.03 bits per heavy atom. The molecule has 1 aliphatic heterocycles. The van der Waals surface area contributed by atoms with Gasteiger partial charge in [-0.3, -0.25) is 4.79 Å². The third-order valence-electron chi connectivity index (χ3n) is 17.0. The van der Waals surface area contributed by atoms with Gasteiger partial charge in [0.25, 0.3) is 0 Å². The van der Waals surface area contributed by atoms with E-state index < -0.39 is 49.5 Å². The van der Waals surface area contributed by atoms with Crippen molar-refractivity contribution in [3.8, 4) is 0 Å². The van der Waals surface area contributed by atoms with Gasteiger partial charge in [0.1, 0.15) is 24.4 Å². The number of rotatable bonds is 64. The number of carbonyl (C=O) groups excluding carboxylic acids is 1. The quantitative estimate of drug-likeness (QED) is 0.0261. The van der Waals surface area contributed by atoms with E-state index >= 15 is 0 Å². The third kappa shape index (κ3) is 55.9. The number of aliphatic hydroxyl groups excluding tert-OH is 5. The SMILES string of the molecule is CC/C=C\C/C=C\C/C=C\C/C=C\C/C=C\C/C=C\C/C=C\C/C=C\C/C=C\CCCCCCCCCCCCCCCC(=O)NC(COC1OC(CO)C(O)C(O)C1O)C(O)/C=C/CCCCCCCCCCCCCCCCCCCCCCCCC. The number of amides is 1. The van der Waals surface area contributed by atoms with E-state index in [4.69, 9.17) is 9.47 Å². The van der Waals surface area contributed by atoms with Gasteiger partial charge in [0.15, 0.2) is 6.29 Å². The maximum absolute atomic E-state index is 13.2. The first-order valence-corrected chi connectivity index (χ1v) is 37.3. The zero-order valence-corrected chi connectivity index (χ0v) is 57.4. The predicted molar refractivity (Wildman–Crippen MR) is 382 cm³/mol. The fraction of sp³-hybridized carbons (Fsp3) is 0.738. The highest BCUT2D eigenvalue weighted by atomic mass is 16.7. The molecule has 0 radical (unpaired) electrons. The fourth-order valence-corrected chi connectivity index (χ4v) is 11.3. The summed E-state index contributed by atoms with van der Waals surface area (Å²) in [6, 6.07) is -0.814. The molecule has 7 atom stereocenters. The molecule has 1 heterocycles. The fourth-order valence-electron chi connectivity index (χ4n) is 11.3. The molecule has 0 aromatic carbocycles. The topological polar surface area (TPSA) is 149 Å². The van der Waals surface area contributed by atoms with Gasteiger partial charge in [-0.15, -0.1) is 0 Å². The van der Waals surface area contributed by atoms with E-state index in [1.165, 1.54) is 205 Å². The number of hydrogen-bond acceptors (Lipinski definition) is 8. The average Bonchev–Trinajstić information content (AvgIpc) is 2.59. The van der Waals surface area contributed by atoms with Gasteiger partial charge in [0.05, 0.1) is 25.4 Å². The Morgan fingerprint density at radius 2 is 0.697 bits per heavy atom. The maximum Gasteiger partial charge on any atom is 0.220 e. The van der Waals surface area contributed by atoms with Gasteiger partial charge in [-0.1, -0.05) is 347 Å². The maximum atomic E-state index is 13.2. The first kappa shape index (κ1) is 83.6. The van der Waals surface area contributed by atoms with Crippen LogP contribution in [-0.4, -0.2) is 87.5 Å². The summed E-state index contributed by atoms with van der Waals surface area (Å²) in [7, 11) is 0. The highest BCUT2D eigenvalue weighted by Crippen LogP contribution is 2.23. The van der Waals surface area contributed by atoms with Gasteiger partial charge < -0.3 is 40.3 Å². The monoisotopic (exact) mass is 1240 g/mol. The second-order valence-corrected chi connectivity index (χ2v) is 25.4. The van der Waals surface area contributed by atoms with Gasteiger partial charge in [0.2, 0.25) is 5.91 Å². The molecule has 0 aliphatic carbocycles. The summed E-state index contributed by atoms with van der Waals surface area (Å²) >= 11 is 0. The van der Waals surface area contributed by atoms with E-state index in [1.807, 2.05) is 6.08 Å². The molecule has 0 bridgehead atoms. The third-order valence-corrected chi connectivity index (χ3v) is 17.0. The summed E-state index contributed by atoms with van der Waals surface area (Å²) in [6.07, 6.45) is 94.5. The molecule has 9 heteroatoms. The highest BCUT2D eigenvalue weighted by molar-refractivity contribution is 5.76. The minimum Gasteiger partial charge on any atom is -0.394 e. The molecular formula is C80H139NO8. The number of carbonyl (C=O) groups is 1. The van der Waals surface area contributed by atoms with Gasteiger partial charge in [-0.25, -0.2) is 0 Å². The zero-order chi connectivity index (χ0) is 64.2. The van der Waals surface area contributed by atoms with Crippen LogP contribution in [0.4, 0.5) is 0 Å². The van der Waals surface area contributed by atoms with Crippen molar-refractivity contribution in [2.24, 2.45) is 0 Å². The molecule has 6 N–H and O–H groups in total. The molecule has 1 amide bonds. The lowest BCUT2D eigenvalue weighted by molar-refractivity contribution is -0.302. The van der Waals surface area contributed by atoms with Gasteiger partial charge in [-0.2, -0.15) is 0 Å². The Bertz CT molecular complexity index is 1830. The lowest BCUT2D eigenvalue weighted by Crippen LogP contribution is -2.60. The van der Waals surface area contributed by atoms with Crippen LogP contribution in [0.25, 0.3) is 0 Å². The number of allylic oxidation sites excluding steroid dienone is 19. The molecule has 9 nitrogen and oxygen atoms in total. The van der Waals surface area contributed by atoms with Crippen molar-refractivity contribution in [1.29, 1.82) is 0 Å². The summed E-state index contributed by atoms with van der Waals surface area (Å²) in [5, 5.41) is 54.8. The number of aliphatic hydroxyl groups is 5. The molecule has 7 unspecified atom stereocenters. The molecule has 0 aromatic rings. The number of unbranched alkanes of at least 4 members (excludes halogenated alkanes) is 36. The van der Waals surface area contributed by atoms with Crippen molar-refractivity contribution < 1.29 is 39.8 Å². The van der Waals surface area contributed by atoms with Crippen molar-refractivity contribution in [2.75, 3.05) is 13.2 Å². The largest absolute Gasteiger partial charge is 0.394 e. The average molecular weight is 1240 g/mol. The van der Waals surface area contributed by atoms with Crippen LogP contribution in [-0.2, 0) is 14.3 Å². The molecule has 512 valence electrons. The van der Waals surface area contributed by atoms with E-state index in [9.17, 15) is 30.3 Å². The smallest absolute Gasteiger partial charge is 0.220 e. The van der Waals surface area contributed by atoms with Crippen molar-refractivity contribution in [3.05, 3.63) is 122 Å². The summed E-state index contributed by atoms with van der Waals surface area (Å²) < 4.78 is 11.3. The van der Waals surface area contributed by atoms with Crippen LogP contribution in [0.2, 0.25) is 0 Å². The van der Waals surface area contributed by atoms with Crippen LogP contribution in [0, 0.1) is 0 Å². The minimum atomic E-state index is -1.57. The van der Waals surface area contributed by atoms with Crippen LogP contribution in [0.1, 0.15) is 322 Å². The molecule has 1 saturated heterocycles. The van der Waals surface area contributed by atoms with Crippen molar-refractivity contribution in [3.63, 3.8) is 0 Å². The van der Waals surface area contributed by atoms with Crippen LogP contribution in [0.15, 0.2) is 122 Å². The van der Waals surface area contributed by atoms with Crippen LogP contribution >= 0.6 is 0 Å². The molecule has 0 aromatic heterocycles. The summed E-state index contributed by atoms with van der Waals surface area (Å²) in [5.74, 6) is -0.178. The zero-order valence-electron chi connectivity index (χ0n) is 57.4. The van der Waals surface area contributed by atoms with Crippen LogP contribution < -0.4 is 5.32 Å². The first-order chi connectivity index (χ1) is 43.8. The van der Waals surface area contributed by atoms with Crippen LogP contribution in [0.3, 0.4) is 0 Å². The number of ether oxygens (including phenoxy) is 2. The molecular weight excluding hydrogens is 1100 g/mol. The normalized spacial score (nSPS) is 18.6. The van der Waals surface area contributed by atoms with Crippen molar-refractivity contribution in [2.45, 2.75) is 365 Å². The predicted octanol–water partition coefficient (Wildman–Crippen LogP) is 21.0. The van der Waals surface area contributed by atoms with Gasteiger partial charge in [-0.05, 0) is 89.9 Å². The van der Waals surface area contributed by atoms with E-state index in [-0.39, 0.29) is 12.5 Å². The van der Waals surface area contributed by atoms with E-state index in [0.29, 0.717) is 6.42 Å². The lowest BCUT2D eigenvalue weighted by atomic mass is 9.99.